The van der Waals surface area contributed by atoms with Gasteiger partial charge in [0.15, 0.2) is 98.7 Å². The van der Waals surface area contributed by atoms with Crippen LogP contribution in [0.5, 0.6) is 0 Å². The van der Waals surface area contributed by atoms with Gasteiger partial charge in [0.1, 0.15) is 97.3 Å². The van der Waals surface area contributed by atoms with Gasteiger partial charge in [-0.3, -0.25) is 26.6 Å². The fourth-order valence-electron chi connectivity index (χ4n) is 11.9. The third kappa shape index (κ3) is 17.5. The Balaban J connectivity index is 0.000000159. The topological polar surface area (TPSA) is 428 Å². The second-order valence-corrected chi connectivity index (χ2v) is 25.2. The van der Waals surface area contributed by atoms with Gasteiger partial charge in [0.05, 0.1) is 58.8 Å². The number of aliphatic hydroxyl groups excluding tert-OH is 2. The maximum atomic E-state index is 11.4. The fraction of sp³-hybridized carbons (Fsp3) is 0.643. The van der Waals surface area contributed by atoms with E-state index in [0.29, 0.717) is 119 Å². The van der Waals surface area contributed by atoms with Crippen LogP contribution in [0.1, 0.15) is 69.0 Å². The predicted molar refractivity (Wildman–Crippen MR) is 390 cm³/mol. The van der Waals surface area contributed by atoms with Gasteiger partial charge in [-0.2, -0.15) is 4.21 Å². The van der Waals surface area contributed by atoms with Crippen molar-refractivity contribution in [3.05, 3.63) is 48.6 Å². The van der Waals surface area contributed by atoms with Crippen LogP contribution in [0.4, 0.5) is 23.3 Å². The van der Waals surface area contributed by atoms with Crippen molar-refractivity contribution in [3.8, 4) is 0 Å². The van der Waals surface area contributed by atoms with E-state index in [2.05, 4.69) is 142 Å². The molecule has 0 amide bonds. The summed E-state index contributed by atoms with van der Waals surface area (Å²) in [6.07, 6.45) is 0.533. The standard InChI is InChI=1S/C14H23N5O7P2S.2C14H23N5O4P2.C14H21N5O4/c1-15-12-9-13(18-8(17-12)5-23-29(20)22-3)19(6-16-9)14-11(26-28)10(25-27)7(24-14)4-21-2;2*1-4-8-17-12(15-2)9-13(18-8)19(6-16-9)14-11(23-25)10(22-24)7(21-14)5-20-3;1-4-8-17-12(15-2)9-13(18-8)19(6-16-9)14-11(21)10(20)7(23-14)5-22-3/h6-7,10-11,14H,4-5,27-28H2,1-3H3,(H,15,17,18);2*6-7,10-11,14H,4-5,24-25H2,1-3H3,(H,15,17,18);6-7,10-11,14,20-21H,4-5H2,1-3H3,(H,15,17,18)/t7-,10?,11?,14?,29?;2*7-,10?,11?,14?;7-,10-,11-,14-/m1111/s1. The number of fused-ring (bicyclic) bond motifs is 4. The van der Waals surface area contributed by atoms with Crippen molar-refractivity contribution < 1.29 is 87.8 Å². The number of aryl methyl sites for hydroxylation is 3. The highest BCUT2D eigenvalue weighted by Crippen LogP contribution is 2.42. The van der Waals surface area contributed by atoms with E-state index >= 15 is 0 Å². The zero-order chi connectivity index (χ0) is 73.5. The van der Waals surface area contributed by atoms with E-state index in [4.69, 9.17) is 69.2 Å². The second-order valence-electron chi connectivity index (χ2n) is 22.6. The fourth-order valence-corrected chi connectivity index (χ4v) is 14.0. The highest BCUT2D eigenvalue weighted by atomic mass is 32.2. The van der Waals surface area contributed by atoms with Gasteiger partial charge >= 0.3 is 11.4 Å². The molecule has 39 nitrogen and oxygen atoms in total. The number of aromatic nitrogens is 16. The predicted octanol–water partition coefficient (Wildman–Crippen LogP) is 2.85. The van der Waals surface area contributed by atoms with Crippen LogP contribution >= 0.6 is 56.8 Å². The zero-order valence-corrected chi connectivity index (χ0v) is 65.8. The van der Waals surface area contributed by atoms with Gasteiger partial charge in [0.25, 0.3) is 0 Å². The highest BCUT2D eigenvalue weighted by Gasteiger charge is 2.50. The first kappa shape index (κ1) is 81.5. The van der Waals surface area contributed by atoms with Crippen molar-refractivity contribution in [1.29, 1.82) is 0 Å². The van der Waals surface area contributed by atoms with E-state index < -0.39 is 66.8 Å². The molecular formula is C56H90N20O19P6S. The lowest BCUT2D eigenvalue weighted by Gasteiger charge is -2.21. The Bertz CT molecular complexity index is 3890. The number of ether oxygens (including phenoxy) is 8. The minimum atomic E-state index is -1.89. The Morgan fingerprint density at radius 1 is 0.412 bits per heavy atom. The Hall–Kier alpha value is -4.59. The molecule has 0 aromatic carbocycles. The van der Waals surface area contributed by atoms with Gasteiger partial charge in [-0.15, -0.1) is 0 Å². The normalized spacial score (nSPS) is 26.5. The average Bonchev–Trinajstić information content (AvgIpc) is 1.63. The maximum Gasteiger partial charge on any atom is 0.304 e. The molecule has 8 aromatic rings. The molecule has 0 radical (unpaired) electrons. The Morgan fingerprint density at radius 2 is 0.686 bits per heavy atom. The molecule has 4 fully saturated rings. The first-order valence-electron chi connectivity index (χ1n) is 31.8. The van der Waals surface area contributed by atoms with E-state index in [0.717, 1.165) is 11.6 Å². The van der Waals surface area contributed by atoms with Crippen molar-refractivity contribution in [2.24, 2.45) is 0 Å². The van der Waals surface area contributed by atoms with Crippen LogP contribution in [0.2, 0.25) is 0 Å². The van der Waals surface area contributed by atoms with Crippen LogP contribution in [0.3, 0.4) is 0 Å². The van der Waals surface area contributed by atoms with Crippen LogP contribution in [-0.2, 0) is 111 Å². The van der Waals surface area contributed by atoms with E-state index in [1.165, 1.54) is 20.5 Å². The van der Waals surface area contributed by atoms with E-state index in [1.807, 2.05) is 44.0 Å². The average molecular weight is 1570 g/mol. The molecule has 0 saturated carbocycles. The van der Waals surface area contributed by atoms with Gasteiger partial charge in [-0.25, -0.2) is 59.8 Å². The summed E-state index contributed by atoms with van der Waals surface area (Å²) in [5.41, 5.74) is 4.91. The lowest BCUT2D eigenvalue weighted by atomic mass is 10.1. The first-order valence-corrected chi connectivity index (χ1v) is 35.7. The van der Waals surface area contributed by atoms with Crippen LogP contribution in [0, 0.1) is 0 Å². The number of rotatable bonds is 29. The lowest BCUT2D eigenvalue weighted by molar-refractivity contribution is -0.0580. The molecule has 0 bridgehead atoms. The molecule has 12 rings (SSSR count). The molecule has 564 valence electrons. The molecule has 0 aliphatic carbocycles. The number of nitrogens with one attached hydrogen (secondary N) is 4. The Morgan fingerprint density at radius 3 is 0.961 bits per heavy atom. The minimum absolute atomic E-state index is 0.116. The summed E-state index contributed by atoms with van der Waals surface area (Å²) in [6, 6.07) is 0. The van der Waals surface area contributed by atoms with Gasteiger partial charge in [0.2, 0.25) is 0 Å². The molecule has 16 unspecified atom stereocenters. The molecule has 102 heavy (non-hydrogen) atoms. The Labute approximate surface area is 604 Å². The number of nitrogens with zero attached hydrogens (tertiary/aromatic N) is 16. The first-order chi connectivity index (χ1) is 49.5. The number of aliphatic hydroxyl groups is 2. The molecule has 12 heterocycles. The van der Waals surface area contributed by atoms with Crippen molar-refractivity contribution in [3.63, 3.8) is 0 Å². The van der Waals surface area contributed by atoms with Gasteiger partial charge < -0.3 is 96.5 Å². The number of anilines is 4. The lowest BCUT2D eigenvalue weighted by Crippen LogP contribution is -2.34. The number of hydrogen-bond donors (Lipinski definition) is 6. The maximum absolute atomic E-state index is 11.4. The van der Waals surface area contributed by atoms with Crippen molar-refractivity contribution in [1.82, 2.24) is 78.1 Å². The molecule has 4 aliphatic heterocycles. The van der Waals surface area contributed by atoms with E-state index in [9.17, 15) is 14.4 Å². The zero-order valence-electron chi connectivity index (χ0n) is 58.1. The summed E-state index contributed by atoms with van der Waals surface area (Å²) < 4.78 is 106. The van der Waals surface area contributed by atoms with Crippen LogP contribution in [-0.4, -0.2) is 256 Å². The number of hydrogen-bond acceptors (Lipinski definition) is 35. The highest BCUT2D eigenvalue weighted by molar-refractivity contribution is 7.75. The van der Waals surface area contributed by atoms with Crippen molar-refractivity contribution in [2.75, 3.05) is 111 Å². The largest absolute Gasteiger partial charge is 0.387 e. The molecule has 8 aromatic heterocycles. The summed E-state index contributed by atoms with van der Waals surface area (Å²) in [5.74, 6) is 4.90. The summed E-state index contributed by atoms with van der Waals surface area (Å²) in [7, 11) is 28.3. The van der Waals surface area contributed by atoms with Gasteiger partial charge in [-0.1, -0.05) is 20.8 Å². The van der Waals surface area contributed by atoms with Crippen LogP contribution in [0.25, 0.3) is 44.7 Å². The summed E-state index contributed by atoms with van der Waals surface area (Å²) in [6.45, 7) is 7.16. The molecular weight excluding hydrogens is 1470 g/mol. The number of methoxy groups -OCH3 is 4. The van der Waals surface area contributed by atoms with Crippen molar-refractivity contribution >= 4 is 136 Å². The smallest absolute Gasteiger partial charge is 0.304 e. The van der Waals surface area contributed by atoms with Gasteiger partial charge in [-0.05, 0) is 0 Å². The summed E-state index contributed by atoms with van der Waals surface area (Å²) >= 11 is -1.89. The van der Waals surface area contributed by atoms with E-state index in [-0.39, 0.29) is 55.9 Å². The summed E-state index contributed by atoms with van der Waals surface area (Å²) in [4.78, 5) is 53.5. The van der Waals surface area contributed by atoms with Gasteiger partial charge in [0, 0.05) is 133 Å². The number of imidazole rings is 4. The van der Waals surface area contributed by atoms with Crippen LogP contribution in [0.15, 0.2) is 25.3 Å². The molecule has 6 N–H and O–H groups in total. The summed E-state index contributed by atoms with van der Waals surface area (Å²) in [5, 5.41) is 32.5. The third-order valence-corrected chi connectivity index (χ3v) is 19.2. The third-order valence-electron chi connectivity index (χ3n) is 16.7. The molecule has 0 spiro atoms. The van der Waals surface area contributed by atoms with Crippen molar-refractivity contribution in [2.45, 2.75) is 145 Å². The quantitative estimate of drug-likeness (QED) is 0.0367. The molecule has 4 aliphatic rings. The minimum Gasteiger partial charge on any atom is -0.387 e. The SMILES string of the molecule is CCc1nc(NC)c2ncn(C3O[C@H](COC)C(OP)C3OP)c2n1.CCc1nc(NC)c2ncn(C3O[C@H](COC)C(OP)C3OP)c2n1.CCc1nc(NC)c2ncn([C@@H]3O[C@H](COC)[C@@H](O)[C@H]3O)c2n1.CNc1nc(COS(=O)OC)nc2c1ncn2C1O[C@H](COC)C(OP)C1OP. The van der Waals surface area contributed by atoms with E-state index in [1.54, 1.807) is 63.5 Å². The molecule has 46 heteroatoms. The Kier molecular flexibility index (Phi) is 31.0. The second kappa shape index (κ2) is 38.8. The molecule has 23 atom stereocenters. The molecule has 4 saturated heterocycles. The van der Waals surface area contributed by atoms with Crippen LogP contribution < -0.4 is 21.3 Å². The monoisotopic (exact) mass is 1560 g/mol.